The van der Waals surface area contributed by atoms with E-state index in [9.17, 15) is 13.6 Å². The van der Waals surface area contributed by atoms with Gasteiger partial charge in [-0.3, -0.25) is 4.79 Å². The monoisotopic (exact) mass is 206 g/mol. The van der Waals surface area contributed by atoms with Crippen molar-refractivity contribution in [1.29, 1.82) is 0 Å². The minimum Gasteiger partial charge on any atom is -0.299 e. The summed E-state index contributed by atoms with van der Waals surface area (Å²) < 4.78 is 26.4. The number of hydrogen-bond acceptors (Lipinski definition) is 1. The molecule has 0 N–H and O–H groups in total. The van der Waals surface area contributed by atoms with Gasteiger partial charge >= 0.3 is 5.92 Å². The van der Waals surface area contributed by atoms with Crippen LogP contribution in [0.2, 0.25) is 19.6 Å². The number of hydrogen-bond donors (Lipinski definition) is 0. The second-order valence-electron chi connectivity index (χ2n) is 4.42. The average molecular weight is 206 g/mol. The zero-order valence-electron chi connectivity index (χ0n) is 8.58. The molecule has 0 atom stereocenters. The second-order valence-corrected chi connectivity index (χ2v) is 9.37. The summed E-state index contributed by atoms with van der Waals surface area (Å²) in [6.07, 6.45) is -0.518. The lowest BCUT2D eigenvalue weighted by molar-refractivity contribution is -0.134. The summed E-state index contributed by atoms with van der Waals surface area (Å²) >= 11 is 0. The molecule has 0 spiro atoms. The molecule has 0 aliphatic heterocycles. The maximum Gasteiger partial charge on any atom is 0.304 e. The predicted octanol–water partition coefficient (Wildman–Crippen LogP) is 3.03. The molecule has 0 saturated carbocycles. The topological polar surface area (TPSA) is 17.1 Å². The minimum atomic E-state index is -3.21. The zero-order chi connectivity index (χ0) is 10.9. The zero-order valence-corrected chi connectivity index (χ0v) is 9.58. The van der Waals surface area contributed by atoms with Gasteiger partial charge < -0.3 is 0 Å². The van der Waals surface area contributed by atoms with Crippen molar-refractivity contribution in [3.05, 3.63) is 12.2 Å². The SMILES string of the molecule is C=C(C)CC(F)(F)C(=O)[Si](C)(C)C. The Kier molecular flexibility index (Phi) is 3.55. The fraction of sp³-hybridized carbons (Fsp3) is 0.667. The Hall–Kier alpha value is -0.513. The molecule has 0 aromatic heterocycles. The Morgan fingerprint density at radius 3 is 2.00 bits per heavy atom. The van der Waals surface area contributed by atoms with E-state index in [1.54, 1.807) is 19.6 Å². The number of halogens is 2. The van der Waals surface area contributed by atoms with Crippen molar-refractivity contribution >= 4 is 13.5 Å². The van der Waals surface area contributed by atoms with E-state index in [0.717, 1.165) is 0 Å². The lowest BCUT2D eigenvalue weighted by atomic mass is 10.1. The van der Waals surface area contributed by atoms with Crippen molar-refractivity contribution in [3.63, 3.8) is 0 Å². The van der Waals surface area contributed by atoms with Crippen LogP contribution in [0.5, 0.6) is 0 Å². The Morgan fingerprint density at radius 1 is 1.38 bits per heavy atom. The van der Waals surface area contributed by atoms with Gasteiger partial charge in [-0.1, -0.05) is 31.8 Å². The van der Waals surface area contributed by atoms with Crippen molar-refractivity contribution in [1.82, 2.24) is 0 Å². The summed E-state index contributed by atoms with van der Waals surface area (Å²) in [6, 6.07) is 0. The molecule has 0 aliphatic carbocycles. The van der Waals surface area contributed by atoms with E-state index < -0.39 is 25.8 Å². The molecule has 0 fully saturated rings. The van der Waals surface area contributed by atoms with Crippen LogP contribution in [-0.2, 0) is 4.79 Å². The molecule has 0 radical (unpaired) electrons. The van der Waals surface area contributed by atoms with Gasteiger partial charge in [0.2, 0.25) is 0 Å². The van der Waals surface area contributed by atoms with Crippen LogP contribution in [0.1, 0.15) is 13.3 Å². The number of rotatable bonds is 4. The Labute approximate surface area is 78.8 Å². The summed E-state index contributed by atoms with van der Waals surface area (Å²) in [7, 11) is -2.39. The van der Waals surface area contributed by atoms with Gasteiger partial charge in [-0.25, -0.2) is 0 Å². The lowest BCUT2D eigenvalue weighted by Crippen LogP contribution is -2.46. The van der Waals surface area contributed by atoms with Gasteiger partial charge in [0.05, 0.1) is 0 Å². The van der Waals surface area contributed by atoms with Crippen LogP contribution in [0.15, 0.2) is 12.2 Å². The molecule has 0 heterocycles. The molecule has 4 heteroatoms. The first-order chi connectivity index (χ1) is 5.57. The predicted molar refractivity (Wildman–Crippen MR) is 52.7 cm³/mol. The van der Waals surface area contributed by atoms with E-state index in [1.165, 1.54) is 6.92 Å². The van der Waals surface area contributed by atoms with E-state index >= 15 is 0 Å². The molecule has 0 amide bonds. The van der Waals surface area contributed by atoms with Gasteiger partial charge in [-0.05, 0) is 6.92 Å². The first-order valence-corrected chi connectivity index (χ1v) is 7.64. The van der Waals surface area contributed by atoms with Crippen LogP contribution in [0, 0.1) is 0 Å². The minimum absolute atomic E-state index is 0.344. The third-order valence-corrected chi connectivity index (χ3v) is 3.27. The molecule has 0 unspecified atom stereocenters. The van der Waals surface area contributed by atoms with Gasteiger partial charge in [-0.2, -0.15) is 8.78 Å². The molecule has 0 saturated heterocycles. The highest BCUT2D eigenvalue weighted by molar-refractivity contribution is 7.04. The molecule has 0 bridgehead atoms. The summed E-state index contributed by atoms with van der Waals surface area (Å²) in [6.45, 7) is 9.77. The van der Waals surface area contributed by atoms with E-state index in [-0.39, 0.29) is 0 Å². The van der Waals surface area contributed by atoms with E-state index in [0.29, 0.717) is 5.57 Å². The van der Waals surface area contributed by atoms with Crippen LogP contribution >= 0.6 is 0 Å². The summed E-state index contributed by atoms with van der Waals surface area (Å²) in [5.41, 5.74) is 0.344. The molecule has 1 nitrogen and oxygen atoms in total. The molecule has 0 aromatic carbocycles. The largest absolute Gasteiger partial charge is 0.304 e. The molecular formula is C9H16F2OSi. The van der Waals surface area contributed by atoms with Gasteiger partial charge in [0.25, 0.3) is 0 Å². The van der Waals surface area contributed by atoms with E-state index in [4.69, 9.17) is 0 Å². The first-order valence-electron chi connectivity index (χ1n) is 4.14. The fourth-order valence-electron chi connectivity index (χ4n) is 1.01. The van der Waals surface area contributed by atoms with Crippen LogP contribution in [0.3, 0.4) is 0 Å². The van der Waals surface area contributed by atoms with Crippen LogP contribution in [0.4, 0.5) is 8.78 Å². The number of allylic oxidation sites excluding steroid dienone is 1. The van der Waals surface area contributed by atoms with Crippen molar-refractivity contribution in [2.24, 2.45) is 0 Å². The van der Waals surface area contributed by atoms with Crippen LogP contribution < -0.4 is 0 Å². The average Bonchev–Trinajstić information content (AvgIpc) is 1.80. The highest BCUT2D eigenvalue weighted by atomic mass is 28.3. The molecule has 13 heavy (non-hydrogen) atoms. The lowest BCUT2D eigenvalue weighted by Gasteiger charge is -2.22. The molecular weight excluding hydrogens is 190 g/mol. The maximum atomic E-state index is 13.2. The number of carbonyl (C=O) groups excluding carboxylic acids is 1. The Balaban J connectivity index is 4.65. The highest BCUT2D eigenvalue weighted by Gasteiger charge is 2.45. The molecule has 0 aliphatic rings. The first kappa shape index (κ1) is 12.5. The third kappa shape index (κ3) is 3.80. The third-order valence-electron chi connectivity index (χ3n) is 1.54. The molecule has 0 aromatic rings. The van der Waals surface area contributed by atoms with E-state index in [1.807, 2.05) is 0 Å². The van der Waals surface area contributed by atoms with Gasteiger partial charge in [-0.15, -0.1) is 0 Å². The van der Waals surface area contributed by atoms with Crippen molar-refractivity contribution in [3.8, 4) is 0 Å². The summed E-state index contributed by atoms with van der Waals surface area (Å²) in [5.74, 6) is -3.21. The van der Waals surface area contributed by atoms with Crippen LogP contribution in [-0.4, -0.2) is 19.4 Å². The standard InChI is InChI=1S/C9H16F2OSi/c1-7(2)6-9(10,11)8(12)13(3,4)5/h1,6H2,2-5H3. The van der Waals surface area contributed by atoms with Crippen LogP contribution in [0.25, 0.3) is 0 Å². The molecule has 0 rings (SSSR count). The van der Waals surface area contributed by atoms with Crippen molar-refractivity contribution < 1.29 is 13.6 Å². The Morgan fingerprint density at radius 2 is 1.77 bits per heavy atom. The van der Waals surface area contributed by atoms with Crippen molar-refractivity contribution in [2.45, 2.75) is 38.9 Å². The van der Waals surface area contributed by atoms with Gasteiger partial charge in [0, 0.05) is 6.42 Å². The summed E-state index contributed by atoms with van der Waals surface area (Å²) in [5, 5.41) is -0.886. The smallest absolute Gasteiger partial charge is 0.299 e. The fourth-order valence-corrected chi connectivity index (χ4v) is 2.19. The van der Waals surface area contributed by atoms with Gasteiger partial charge in [0.15, 0.2) is 5.41 Å². The quantitative estimate of drug-likeness (QED) is 0.510. The normalized spacial score (nSPS) is 12.8. The number of carbonyl (C=O) groups is 1. The van der Waals surface area contributed by atoms with E-state index in [2.05, 4.69) is 6.58 Å². The summed E-state index contributed by atoms with van der Waals surface area (Å²) in [4.78, 5) is 11.3. The Bertz CT molecular complexity index is 228. The van der Waals surface area contributed by atoms with Crippen molar-refractivity contribution in [2.75, 3.05) is 0 Å². The highest BCUT2D eigenvalue weighted by Crippen LogP contribution is 2.27. The maximum absolute atomic E-state index is 13.2. The van der Waals surface area contributed by atoms with Gasteiger partial charge in [0.1, 0.15) is 8.07 Å². The molecule has 76 valence electrons. The second kappa shape index (κ2) is 3.70. The number of alkyl halides is 2.